The van der Waals surface area contributed by atoms with Crippen molar-refractivity contribution in [3.05, 3.63) is 35.2 Å². The Labute approximate surface area is 165 Å². The maximum atomic E-state index is 12.2. The number of carbonyl (C=O) groups is 2. The van der Waals surface area contributed by atoms with Crippen molar-refractivity contribution in [2.75, 3.05) is 20.6 Å². The summed E-state index contributed by atoms with van der Waals surface area (Å²) in [6, 6.07) is 4.89. The van der Waals surface area contributed by atoms with Gasteiger partial charge in [0.25, 0.3) is 0 Å². The van der Waals surface area contributed by atoms with Gasteiger partial charge in [-0.2, -0.15) is 18.4 Å². The molecule has 0 radical (unpaired) electrons. The number of aliphatic imine (C=N–C) groups is 1. The molecular weight excluding hydrogens is 391 g/mol. The van der Waals surface area contributed by atoms with Gasteiger partial charge in [-0.25, -0.2) is 0 Å². The molecule has 0 aromatic carbocycles. The maximum absolute atomic E-state index is 12.2. The van der Waals surface area contributed by atoms with E-state index in [1.54, 1.807) is 31.7 Å². The number of halogens is 3. The van der Waals surface area contributed by atoms with Gasteiger partial charge in [-0.1, -0.05) is 0 Å². The van der Waals surface area contributed by atoms with Crippen LogP contribution in [0, 0.1) is 18.3 Å². The first kappa shape index (κ1) is 23.5. The number of hydrogen-bond acceptors (Lipinski definition) is 5. The van der Waals surface area contributed by atoms with Crippen molar-refractivity contribution in [3.8, 4) is 17.5 Å². The third-order valence-electron chi connectivity index (χ3n) is 3.58. The smallest absolute Gasteiger partial charge is 0.462 e. The van der Waals surface area contributed by atoms with Crippen molar-refractivity contribution in [3.63, 3.8) is 0 Å². The number of hydrogen-bond donors (Lipinski definition) is 2. The first-order chi connectivity index (χ1) is 13.7. The number of carbonyl (C=O) groups excluding carboxylic acids is 2. The SMILES string of the molecule is CN=CNC.Cc1ccoc1-c1c(C#N)cc(C=O)n1CCNC(=O)C(F)(F)F. The molecular formula is C18H20F3N5O3. The van der Waals surface area contributed by atoms with E-state index < -0.39 is 12.1 Å². The molecule has 0 fully saturated rings. The largest absolute Gasteiger partial charge is 0.471 e. The van der Waals surface area contributed by atoms with Crippen LogP contribution in [-0.2, 0) is 11.3 Å². The Morgan fingerprint density at radius 2 is 2.14 bits per heavy atom. The lowest BCUT2D eigenvalue weighted by Gasteiger charge is -2.12. The molecule has 0 unspecified atom stereocenters. The molecule has 2 aromatic heterocycles. The summed E-state index contributed by atoms with van der Waals surface area (Å²) in [5.74, 6) is -1.74. The van der Waals surface area contributed by atoms with Gasteiger partial charge in [-0.15, -0.1) is 0 Å². The predicted molar refractivity (Wildman–Crippen MR) is 99.5 cm³/mol. The van der Waals surface area contributed by atoms with Gasteiger partial charge in [-0.05, 0) is 24.6 Å². The second-order valence-corrected chi connectivity index (χ2v) is 5.58. The molecule has 0 aliphatic carbocycles. The minimum Gasteiger partial charge on any atom is -0.462 e. The van der Waals surface area contributed by atoms with Crippen LogP contribution >= 0.6 is 0 Å². The lowest BCUT2D eigenvalue weighted by Crippen LogP contribution is -2.38. The maximum Gasteiger partial charge on any atom is 0.471 e. The normalized spacial score (nSPS) is 10.8. The molecule has 0 bridgehead atoms. The minimum atomic E-state index is -4.98. The van der Waals surface area contributed by atoms with E-state index in [2.05, 4.69) is 10.3 Å². The molecule has 156 valence electrons. The lowest BCUT2D eigenvalue weighted by molar-refractivity contribution is -0.173. The number of aldehydes is 1. The third-order valence-corrected chi connectivity index (χ3v) is 3.58. The minimum absolute atomic E-state index is 0.0959. The summed E-state index contributed by atoms with van der Waals surface area (Å²) >= 11 is 0. The number of aromatic nitrogens is 1. The molecule has 0 aliphatic rings. The summed E-state index contributed by atoms with van der Waals surface area (Å²) in [6.07, 6.45) is -1.48. The summed E-state index contributed by atoms with van der Waals surface area (Å²) in [7, 11) is 3.53. The second kappa shape index (κ2) is 10.7. The molecule has 0 aliphatic heterocycles. The Morgan fingerprint density at radius 3 is 2.55 bits per heavy atom. The number of furan rings is 1. The fourth-order valence-electron chi connectivity index (χ4n) is 2.36. The number of aryl methyl sites for hydroxylation is 1. The molecule has 2 rings (SSSR count). The molecule has 1 amide bonds. The number of nitriles is 1. The van der Waals surface area contributed by atoms with Gasteiger partial charge in [0, 0.05) is 27.2 Å². The number of amides is 1. The van der Waals surface area contributed by atoms with Crippen LogP contribution in [-0.4, -0.2) is 49.9 Å². The van der Waals surface area contributed by atoms with Crippen LogP contribution in [0.1, 0.15) is 21.6 Å². The topological polar surface area (TPSA) is 112 Å². The Bertz CT molecular complexity index is 907. The number of rotatable bonds is 6. The Balaban J connectivity index is 0.000000749. The van der Waals surface area contributed by atoms with Crippen LogP contribution in [0.25, 0.3) is 11.5 Å². The standard InChI is InChI=1S/C15H12F3N3O3.C3H8N2/c1-9-2-5-24-13(9)12-10(7-19)6-11(8-22)21(12)4-3-20-14(23)15(16,17)18;1-4-3-5-2/h2,5-6,8H,3-4H2,1H3,(H,20,23);3H,1-2H3,(H,4,5). The summed E-state index contributed by atoms with van der Waals surface area (Å²) in [6.45, 7) is 1.22. The zero-order chi connectivity index (χ0) is 22.0. The van der Waals surface area contributed by atoms with Crippen LogP contribution in [0.5, 0.6) is 0 Å². The zero-order valence-corrected chi connectivity index (χ0v) is 16.0. The summed E-state index contributed by atoms with van der Waals surface area (Å²) in [4.78, 5) is 25.7. The number of nitrogens with zero attached hydrogens (tertiary/aromatic N) is 3. The van der Waals surface area contributed by atoms with Crippen molar-refractivity contribution in [2.45, 2.75) is 19.6 Å². The van der Waals surface area contributed by atoms with Gasteiger partial charge in [0.15, 0.2) is 12.0 Å². The molecule has 0 saturated carbocycles. The van der Waals surface area contributed by atoms with Gasteiger partial charge in [-0.3, -0.25) is 14.6 Å². The highest BCUT2D eigenvalue weighted by Crippen LogP contribution is 2.30. The molecule has 0 atom stereocenters. The quantitative estimate of drug-likeness (QED) is 0.430. The summed E-state index contributed by atoms with van der Waals surface area (Å²) in [5, 5.41) is 13.7. The summed E-state index contributed by atoms with van der Waals surface area (Å²) in [5.41, 5.74) is 1.22. The first-order valence-electron chi connectivity index (χ1n) is 8.27. The predicted octanol–water partition coefficient (Wildman–Crippen LogP) is 2.28. The average Bonchev–Trinajstić information content (AvgIpc) is 3.24. The van der Waals surface area contributed by atoms with Crippen molar-refractivity contribution in [1.29, 1.82) is 5.26 Å². The van der Waals surface area contributed by atoms with E-state index in [0.717, 1.165) is 0 Å². The third kappa shape index (κ3) is 6.24. The van der Waals surface area contributed by atoms with Crippen LogP contribution in [0.2, 0.25) is 0 Å². The highest BCUT2D eigenvalue weighted by molar-refractivity contribution is 5.82. The van der Waals surface area contributed by atoms with Gasteiger partial charge in [0.2, 0.25) is 0 Å². The molecule has 8 nitrogen and oxygen atoms in total. The highest BCUT2D eigenvalue weighted by Gasteiger charge is 2.38. The first-order valence-corrected chi connectivity index (χ1v) is 8.27. The van der Waals surface area contributed by atoms with Gasteiger partial charge >= 0.3 is 12.1 Å². The van der Waals surface area contributed by atoms with E-state index in [-0.39, 0.29) is 30.0 Å². The van der Waals surface area contributed by atoms with E-state index in [1.807, 2.05) is 13.1 Å². The Morgan fingerprint density at radius 1 is 1.45 bits per heavy atom. The highest BCUT2D eigenvalue weighted by atomic mass is 19.4. The summed E-state index contributed by atoms with van der Waals surface area (Å²) < 4.78 is 43.3. The molecule has 2 heterocycles. The molecule has 0 saturated heterocycles. The van der Waals surface area contributed by atoms with E-state index in [1.165, 1.54) is 16.9 Å². The van der Waals surface area contributed by atoms with E-state index in [0.29, 0.717) is 17.6 Å². The number of nitrogens with one attached hydrogen (secondary N) is 2. The van der Waals surface area contributed by atoms with Crippen molar-refractivity contribution in [1.82, 2.24) is 15.2 Å². The average molecular weight is 411 g/mol. The van der Waals surface area contributed by atoms with Gasteiger partial charge in [0.05, 0.1) is 23.9 Å². The fraction of sp³-hybridized carbons (Fsp3) is 0.333. The number of alkyl halides is 3. The van der Waals surface area contributed by atoms with Crippen LogP contribution < -0.4 is 10.6 Å². The van der Waals surface area contributed by atoms with Crippen molar-refractivity contribution < 1.29 is 27.2 Å². The van der Waals surface area contributed by atoms with Crippen molar-refractivity contribution >= 4 is 18.5 Å². The second-order valence-electron chi connectivity index (χ2n) is 5.58. The van der Waals surface area contributed by atoms with E-state index >= 15 is 0 Å². The zero-order valence-electron chi connectivity index (χ0n) is 16.0. The molecule has 29 heavy (non-hydrogen) atoms. The molecule has 2 N–H and O–H groups in total. The Kier molecular flexibility index (Phi) is 8.67. The lowest BCUT2D eigenvalue weighted by atomic mass is 10.1. The van der Waals surface area contributed by atoms with E-state index in [9.17, 15) is 28.0 Å². The van der Waals surface area contributed by atoms with Crippen LogP contribution in [0.15, 0.2) is 27.8 Å². The van der Waals surface area contributed by atoms with Gasteiger partial charge < -0.3 is 19.6 Å². The van der Waals surface area contributed by atoms with Crippen molar-refractivity contribution in [2.24, 2.45) is 4.99 Å². The molecule has 0 spiro atoms. The van der Waals surface area contributed by atoms with Crippen LogP contribution in [0.4, 0.5) is 13.2 Å². The van der Waals surface area contributed by atoms with Gasteiger partial charge in [0.1, 0.15) is 11.8 Å². The molecule has 11 heteroatoms. The van der Waals surface area contributed by atoms with E-state index in [4.69, 9.17) is 4.42 Å². The fourth-order valence-corrected chi connectivity index (χ4v) is 2.36. The molecule has 2 aromatic rings. The monoisotopic (exact) mass is 411 g/mol. The van der Waals surface area contributed by atoms with Crippen LogP contribution in [0.3, 0.4) is 0 Å². The Hall–Kier alpha value is -3.55.